The van der Waals surface area contributed by atoms with Gasteiger partial charge in [-0.05, 0) is 38.4 Å². The normalized spacial score (nSPS) is 18.4. The van der Waals surface area contributed by atoms with E-state index in [0.29, 0.717) is 65.4 Å². The smallest absolute Gasteiger partial charge is 0.326 e. The summed E-state index contributed by atoms with van der Waals surface area (Å²) in [5.41, 5.74) is 2.11. The van der Waals surface area contributed by atoms with E-state index in [0.717, 1.165) is 13.0 Å². The number of hydrogen-bond donors (Lipinski definition) is 1. The first-order valence-corrected chi connectivity index (χ1v) is 13.3. The number of aryl methyl sites for hydroxylation is 1. The summed E-state index contributed by atoms with van der Waals surface area (Å²) in [6.45, 7) is 4.92. The molecule has 6 rings (SSSR count). The second kappa shape index (κ2) is 10.7. The number of fused-ring (bicyclic) bond motifs is 3. The van der Waals surface area contributed by atoms with Crippen molar-refractivity contribution >= 4 is 21.9 Å². The molecule has 2 aliphatic heterocycles. The largest absolute Gasteiger partial charge is 0.486 e. The summed E-state index contributed by atoms with van der Waals surface area (Å²) < 4.78 is 34.9. The molecule has 4 aromatic rings. The van der Waals surface area contributed by atoms with Crippen molar-refractivity contribution in [3.63, 3.8) is 0 Å². The summed E-state index contributed by atoms with van der Waals surface area (Å²) in [4.78, 5) is 26.7. The molecule has 0 bridgehead atoms. The Morgan fingerprint density at radius 3 is 2.82 bits per heavy atom. The third kappa shape index (κ3) is 4.86. The molecule has 1 atom stereocenters. The third-order valence-electron chi connectivity index (χ3n) is 7.46. The lowest BCUT2D eigenvalue weighted by molar-refractivity contribution is 0.142. The van der Waals surface area contributed by atoms with Crippen molar-refractivity contribution in [2.45, 2.75) is 38.2 Å². The topological polar surface area (TPSA) is 94.5 Å². The van der Waals surface area contributed by atoms with E-state index in [4.69, 9.17) is 14.2 Å². The maximum absolute atomic E-state index is 15.7. The predicted octanol–water partition coefficient (Wildman–Crippen LogP) is 4.04. The Morgan fingerprint density at radius 2 is 2.05 bits per heavy atom. The Bertz CT molecular complexity index is 1490. The summed E-state index contributed by atoms with van der Waals surface area (Å²) in [5.74, 6) is 0.345. The van der Waals surface area contributed by atoms with E-state index < -0.39 is 5.82 Å². The van der Waals surface area contributed by atoms with Gasteiger partial charge in [-0.25, -0.2) is 14.2 Å². The fourth-order valence-electron chi connectivity index (χ4n) is 5.38. The van der Waals surface area contributed by atoms with Crippen LogP contribution in [0.2, 0.25) is 0 Å². The lowest BCUT2D eigenvalue weighted by atomic mass is 10.0. The molecule has 38 heavy (non-hydrogen) atoms. The van der Waals surface area contributed by atoms with Crippen molar-refractivity contribution in [1.82, 2.24) is 24.4 Å². The summed E-state index contributed by atoms with van der Waals surface area (Å²) in [5, 5.41) is 0.557. The zero-order chi connectivity index (χ0) is 26.1. The Labute approximate surface area is 219 Å². The van der Waals surface area contributed by atoms with Crippen LogP contribution in [0.1, 0.15) is 32.1 Å². The number of imidazole rings is 1. The number of pyridine rings is 2. The van der Waals surface area contributed by atoms with Crippen molar-refractivity contribution < 1.29 is 18.6 Å². The van der Waals surface area contributed by atoms with Crippen LogP contribution in [-0.4, -0.2) is 70.0 Å². The zero-order valence-corrected chi connectivity index (χ0v) is 21.5. The number of nitrogens with zero attached hydrogens (tertiary/aromatic N) is 4. The minimum absolute atomic E-state index is 0.236. The molecule has 3 aromatic heterocycles. The van der Waals surface area contributed by atoms with Crippen LogP contribution in [0.3, 0.4) is 0 Å². The summed E-state index contributed by atoms with van der Waals surface area (Å²) >= 11 is 0. The predicted molar refractivity (Wildman–Crippen MR) is 142 cm³/mol. The number of H-pyrrole nitrogens is 1. The molecule has 10 heteroatoms. The third-order valence-corrected chi connectivity index (χ3v) is 7.46. The molecule has 2 fully saturated rings. The number of hydrogen-bond acceptors (Lipinski definition) is 7. The highest BCUT2D eigenvalue weighted by molar-refractivity contribution is 6.08. The lowest BCUT2D eigenvalue weighted by Crippen LogP contribution is -2.31. The van der Waals surface area contributed by atoms with E-state index in [1.165, 1.54) is 43.0 Å². The first kappa shape index (κ1) is 24.8. The van der Waals surface area contributed by atoms with Crippen molar-refractivity contribution in [3.8, 4) is 22.8 Å². The molecule has 5 heterocycles. The lowest BCUT2D eigenvalue weighted by Gasteiger charge is -2.26. The van der Waals surface area contributed by atoms with E-state index in [1.807, 2.05) is 0 Å². The zero-order valence-electron chi connectivity index (χ0n) is 21.5. The van der Waals surface area contributed by atoms with Gasteiger partial charge in [-0.2, -0.15) is 0 Å². The maximum Gasteiger partial charge on any atom is 0.326 e. The van der Waals surface area contributed by atoms with Gasteiger partial charge in [-0.15, -0.1) is 0 Å². The Kier molecular flexibility index (Phi) is 6.99. The number of ether oxygens (including phenoxy) is 3. The van der Waals surface area contributed by atoms with E-state index in [-0.39, 0.29) is 17.4 Å². The second-order valence-corrected chi connectivity index (χ2v) is 10.1. The van der Waals surface area contributed by atoms with Crippen molar-refractivity contribution in [3.05, 3.63) is 46.9 Å². The highest BCUT2D eigenvalue weighted by atomic mass is 19.1. The number of nitrogens with one attached hydrogen (secondary N) is 1. The van der Waals surface area contributed by atoms with Gasteiger partial charge in [0, 0.05) is 43.9 Å². The standard InChI is InChI=1S/C28H32FN5O4/c1-33-22-16-30-21-14-20(29)24(27(38-19-8-13-36-17-19)25(21)26(22)32-28(33)35)18-6-7-23(31-15-18)37-12-5-11-34-9-3-2-4-10-34/h6-7,14-16,19H,2-5,8-13,17H2,1H3,(H,32,35). The number of rotatable bonds is 8. The van der Waals surface area contributed by atoms with Crippen LogP contribution in [-0.2, 0) is 11.8 Å². The minimum atomic E-state index is -0.478. The first-order valence-electron chi connectivity index (χ1n) is 13.3. The summed E-state index contributed by atoms with van der Waals surface area (Å²) in [6.07, 6.45) is 8.43. The molecular weight excluding hydrogens is 489 g/mol. The van der Waals surface area contributed by atoms with Crippen LogP contribution in [0.5, 0.6) is 11.6 Å². The molecule has 0 amide bonds. The average molecular weight is 522 g/mol. The highest BCUT2D eigenvalue weighted by Gasteiger charge is 2.26. The summed E-state index contributed by atoms with van der Waals surface area (Å²) in [7, 11) is 1.67. The van der Waals surface area contributed by atoms with Crippen LogP contribution < -0.4 is 15.2 Å². The quantitative estimate of drug-likeness (QED) is 0.350. The van der Waals surface area contributed by atoms with Gasteiger partial charge < -0.3 is 24.1 Å². The SMILES string of the molecule is Cn1c(=O)[nH]c2c3c(OC4CCOC4)c(-c4ccc(OCCCN5CCCCC5)nc4)c(F)cc3ncc21. The van der Waals surface area contributed by atoms with E-state index in [9.17, 15) is 4.79 Å². The van der Waals surface area contributed by atoms with E-state index in [2.05, 4.69) is 19.9 Å². The second-order valence-electron chi connectivity index (χ2n) is 10.1. The van der Waals surface area contributed by atoms with Gasteiger partial charge in [0.25, 0.3) is 0 Å². The molecule has 2 aliphatic rings. The Morgan fingerprint density at radius 1 is 1.18 bits per heavy atom. The molecule has 0 saturated carbocycles. The van der Waals surface area contributed by atoms with Crippen LogP contribution in [0.4, 0.5) is 4.39 Å². The maximum atomic E-state index is 15.7. The summed E-state index contributed by atoms with van der Waals surface area (Å²) in [6, 6.07) is 4.92. The number of likely N-dealkylation sites (tertiary alicyclic amines) is 1. The average Bonchev–Trinajstić information content (AvgIpc) is 3.55. The molecule has 0 aliphatic carbocycles. The van der Waals surface area contributed by atoms with Crippen molar-refractivity contribution in [2.24, 2.45) is 7.05 Å². The van der Waals surface area contributed by atoms with Gasteiger partial charge in [0.05, 0.1) is 53.5 Å². The molecule has 200 valence electrons. The highest BCUT2D eigenvalue weighted by Crippen LogP contribution is 2.42. The minimum Gasteiger partial charge on any atom is -0.486 e. The van der Waals surface area contributed by atoms with Crippen LogP contribution in [0.15, 0.2) is 35.4 Å². The Balaban J connectivity index is 1.32. The molecule has 9 nitrogen and oxygen atoms in total. The van der Waals surface area contributed by atoms with E-state index in [1.54, 1.807) is 31.6 Å². The van der Waals surface area contributed by atoms with Gasteiger partial charge >= 0.3 is 5.69 Å². The molecule has 1 unspecified atom stereocenters. The van der Waals surface area contributed by atoms with Gasteiger partial charge in [0.1, 0.15) is 17.7 Å². The molecule has 0 spiro atoms. The van der Waals surface area contributed by atoms with Gasteiger partial charge in [-0.3, -0.25) is 9.55 Å². The molecule has 0 radical (unpaired) electrons. The fraction of sp³-hybridized carbons (Fsp3) is 0.464. The molecule has 2 saturated heterocycles. The number of benzene rings is 1. The van der Waals surface area contributed by atoms with Crippen LogP contribution in [0.25, 0.3) is 33.1 Å². The van der Waals surface area contributed by atoms with Gasteiger partial charge in [-0.1, -0.05) is 6.42 Å². The van der Waals surface area contributed by atoms with Crippen molar-refractivity contribution in [2.75, 3.05) is 39.5 Å². The molecule has 1 N–H and O–H groups in total. The van der Waals surface area contributed by atoms with Gasteiger partial charge in [0.15, 0.2) is 0 Å². The van der Waals surface area contributed by atoms with Crippen LogP contribution in [0, 0.1) is 5.82 Å². The number of piperidine rings is 1. The van der Waals surface area contributed by atoms with E-state index >= 15 is 4.39 Å². The molecule has 1 aromatic carbocycles. The Hall–Kier alpha value is -3.50. The fourth-order valence-corrected chi connectivity index (χ4v) is 5.38. The number of aromatic amines is 1. The first-order chi connectivity index (χ1) is 18.6. The van der Waals surface area contributed by atoms with Crippen molar-refractivity contribution in [1.29, 1.82) is 0 Å². The number of halogens is 1. The monoisotopic (exact) mass is 521 g/mol. The molecular formula is C28H32FN5O4. The van der Waals surface area contributed by atoms with Crippen LogP contribution >= 0.6 is 0 Å². The number of aromatic nitrogens is 4. The van der Waals surface area contributed by atoms with Gasteiger partial charge in [0.2, 0.25) is 5.88 Å².